The number of hydrogen-bond donors (Lipinski definition) is 4. The number of rotatable bonds is 0. The molecule has 2 aromatic carbocycles. The predicted molar refractivity (Wildman–Crippen MR) is 91.7 cm³/mol. The summed E-state index contributed by atoms with van der Waals surface area (Å²) in [6.45, 7) is 5.73. The monoisotopic (exact) mass is 312 g/mol. The Hall–Kier alpha value is -2.76. The zero-order valence-electron chi connectivity index (χ0n) is 13.2. The molecule has 4 rings (SSSR count). The summed E-state index contributed by atoms with van der Waals surface area (Å²) in [5.74, 6) is 0.311. The second-order valence-electron chi connectivity index (χ2n) is 6.45. The molecule has 2 bridgehead atoms. The third-order valence-electron chi connectivity index (χ3n) is 4.91. The SMILES string of the molecule is Cc1cc2c(c(O)c1N)N1Cc3cc(N)c(O)c(C)c3N(C2)C1. The largest absolute Gasteiger partial charge is 0.505 e. The van der Waals surface area contributed by atoms with E-state index in [0.717, 1.165) is 33.6 Å². The fourth-order valence-electron chi connectivity index (χ4n) is 3.82. The Bertz CT molecular complexity index is 778. The number of aryl methyl sites for hydroxylation is 1. The second kappa shape index (κ2) is 4.38. The first kappa shape index (κ1) is 13.9. The molecule has 0 saturated heterocycles. The van der Waals surface area contributed by atoms with Gasteiger partial charge in [0.25, 0.3) is 0 Å². The summed E-state index contributed by atoms with van der Waals surface area (Å²) in [5.41, 5.74) is 18.3. The van der Waals surface area contributed by atoms with E-state index in [1.807, 2.05) is 26.0 Å². The van der Waals surface area contributed by atoms with Crippen molar-refractivity contribution in [3.63, 3.8) is 0 Å². The highest BCUT2D eigenvalue weighted by Crippen LogP contribution is 2.48. The number of nitrogens with zero attached hydrogens (tertiary/aromatic N) is 2. The van der Waals surface area contributed by atoms with Gasteiger partial charge in [-0.1, -0.05) is 0 Å². The Morgan fingerprint density at radius 3 is 2.22 bits per heavy atom. The average Bonchev–Trinajstić information content (AvgIpc) is 2.50. The average molecular weight is 312 g/mol. The third-order valence-corrected chi connectivity index (χ3v) is 4.91. The number of fused-ring (bicyclic) bond motifs is 6. The van der Waals surface area contributed by atoms with Crippen LogP contribution < -0.4 is 21.3 Å². The molecule has 6 heteroatoms. The number of benzene rings is 2. The van der Waals surface area contributed by atoms with Gasteiger partial charge >= 0.3 is 0 Å². The number of nitrogen functional groups attached to an aromatic ring is 2. The van der Waals surface area contributed by atoms with E-state index in [9.17, 15) is 10.2 Å². The van der Waals surface area contributed by atoms with Crippen LogP contribution in [-0.2, 0) is 13.1 Å². The van der Waals surface area contributed by atoms with E-state index in [1.54, 1.807) is 0 Å². The maximum Gasteiger partial charge on any atom is 0.162 e. The quantitative estimate of drug-likeness (QED) is 0.439. The number of phenols is 2. The lowest BCUT2D eigenvalue weighted by Gasteiger charge is -2.46. The summed E-state index contributed by atoms with van der Waals surface area (Å²) >= 11 is 0. The summed E-state index contributed by atoms with van der Waals surface area (Å²) in [4.78, 5) is 4.30. The number of phenolic OH excluding ortho intramolecular Hbond substituents is 2. The van der Waals surface area contributed by atoms with Crippen LogP contribution in [0.15, 0.2) is 12.1 Å². The van der Waals surface area contributed by atoms with Crippen LogP contribution in [0.2, 0.25) is 0 Å². The first-order chi connectivity index (χ1) is 10.9. The van der Waals surface area contributed by atoms with Gasteiger partial charge in [-0.3, -0.25) is 0 Å². The molecule has 0 fully saturated rings. The van der Waals surface area contributed by atoms with E-state index in [0.29, 0.717) is 31.1 Å². The van der Waals surface area contributed by atoms with Crippen molar-refractivity contribution in [1.29, 1.82) is 0 Å². The molecule has 0 aromatic heterocycles. The maximum absolute atomic E-state index is 10.5. The Labute approximate surface area is 134 Å². The lowest BCUT2D eigenvalue weighted by Crippen LogP contribution is -2.46. The summed E-state index contributed by atoms with van der Waals surface area (Å²) in [7, 11) is 0. The third kappa shape index (κ3) is 1.75. The minimum absolute atomic E-state index is 0.152. The minimum atomic E-state index is 0.152. The van der Waals surface area contributed by atoms with Crippen molar-refractivity contribution in [1.82, 2.24) is 0 Å². The van der Waals surface area contributed by atoms with Gasteiger partial charge in [0.15, 0.2) is 5.75 Å². The molecule has 2 aromatic rings. The predicted octanol–water partition coefficient (Wildman–Crippen LogP) is 2.18. The lowest BCUT2D eigenvalue weighted by molar-refractivity contribution is 0.467. The van der Waals surface area contributed by atoms with Gasteiger partial charge in [0, 0.05) is 18.7 Å². The van der Waals surface area contributed by atoms with Crippen molar-refractivity contribution >= 4 is 22.7 Å². The van der Waals surface area contributed by atoms with Gasteiger partial charge in [-0.25, -0.2) is 0 Å². The van der Waals surface area contributed by atoms with E-state index < -0.39 is 0 Å². The minimum Gasteiger partial charge on any atom is -0.505 e. The van der Waals surface area contributed by atoms with Crippen molar-refractivity contribution in [2.45, 2.75) is 26.9 Å². The van der Waals surface area contributed by atoms with Crippen LogP contribution in [-0.4, -0.2) is 16.9 Å². The van der Waals surface area contributed by atoms with Crippen LogP contribution >= 0.6 is 0 Å². The molecule has 0 unspecified atom stereocenters. The number of aromatic hydroxyl groups is 2. The van der Waals surface area contributed by atoms with Crippen molar-refractivity contribution in [3.05, 3.63) is 34.4 Å². The zero-order valence-corrected chi connectivity index (χ0v) is 13.2. The first-order valence-corrected chi connectivity index (χ1v) is 7.60. The summed E-state index contributed by atoms with van der Waals surface area (Å²) in [6.07, 6.45) is 0. The molecule has 2 aliphatic rings. The normalized spacial score (nSPS) is 15.4. The van der Waals surface area contributed by atoms with Crippen molar-refractivity contribution in [3.8, 4) is 11.5 Å². The van der Waals surface area contributed by atoms with E-state index >= 15 is 0 Å². The molecule has 0 amide bonds. The van der Waals surface area contributed by atoms with Crippen LogP contribution in [0.1, 0.15) is 22.3 Å². The van der Waals surface area contributed by atoms with Gasteiger partial charge in [0.2, 0.25) is 0 Å². The molecule has 0 saturated carbocycles. The molecule has 6 nitrogen and oxygen atoms in total. The Balaban J connectivity index is 1.91. The Morgan fingerprint density at radius 1 is 0.913 bits per heavy atom. The highest BCUT2D eigenvalue weighted by atomic mass is 16.3. The summed E-state index contributed by atoms with van der Waals surface area (Å²) < 4.78 is 0. The highest BCUT2D eigenvalue weighted by Gasteiger charge is 2.34. The second-order valence-corrected chi connectivity index (χ2v) is 6.45. The zero-order chi connectivity index (χ0) is 16.5. The van der Waals surface area contributed by atoms with Crippen molar-refractivity contribution < 1.29 is 10.2 Å². The fourth-order valence-corrected chi connectivity index (χ4v) is 3.82. The van der Waals surface area contributed by atoms with E-state index in [4.69, 9.17) is 11.5 Å². The Kier molecular flexibility index (Phi) is 2.64. The van der Waals surface area contributed by atoms with Gasteiger partial charge in [-0.05, 0) is 42.7 Å². The molecule has 0 aliphatic carbocycles. The molecular weight excluding hydrogens is 292 g/mol. The highest BCUT2D eigenvalue weighted by molar-refractivity contribution is 5.82. The number of nitrogens with two attached hydrogens (primary N) is 2. The van der Waals surface area contributed by atoms with Gasteiger partial charge < -0.3 is 31.5 Å². The molecule has 2 aliphatic heterocycles. The van der Waals surface area contributed by atoms with Crippen LogP contribution in [0.3, 0.4) is 0 Å². The van der Waals surface area contributed by atoms with Gasteiger partial charge in [-0.15, -0.1) is 0 Å². The molecular formula is C17H20N4O2. The molecule has 0 atom stereocenters. The van der Waals surface area contributed by atoms with Gasteiger partial charge in [0.1, 0.15) is 5.75 Å². The molecule has 0 radical (unpaired) electrons. The van der Waals surface area contributed by atoms with Crippen molar-refractivity contribution in [2.75, 3.05) is 27.9 Å². The fraction of sp³-hybridized carbons (Fsp3) is 0.294. The van der Waals surface area contributed by atoms with Crippen molar-refractivity contribution in [2.24, 2.45) is 0 Å². The molecule has 120 valence electrons. The standard InChI is InChI=1S/C17H20N4O2/c1-8-3-10-5-20-7-21(15(10)17(23)13(8)19)6-11-4-12(18)16(22)9(2)14(11)20/h3-4,22-23H,5-7,18-19H2,1-2H3. The van der Waals surface area contributed by atoms with Crippen LogP contribution in [0, 0.1) is 13.8 Å². The van der Waals surface area contributed by atoms with Gasteiger partial charge in [0.05, 0.1) is 29.4 Å². The van der Waals surface area contributed by atoms with Gasteiger partial charge in [-0.2, -0.15) is 0 Å². The first-order valence-electron chi connectivity index (χ1n) is 7.60. The van der Waals surface area contributed by atoms with Crippen LogP contribution in [0.25, 0.3) is 0 Å². The van der Waals surface area contributed by atoms with Crippen LogP contribution in [0.5, 0.6) is 11.5 Å². The smallest absolute Gasteiger partial charge is 0.162 e. The molecule has 6 N–H and O–H groups in total. The van der Waals surface area contributed by atoms with Crippen LogP contribution in [0.4, 0.5) is 22.7 Å². The maximum atomic E-state index is 10.5. The summed E-state index contributed by atoms with van der Waals surface area (Å²) in [6, 6.07) is 3.84. The Morgan fingerprint density at radius 2 is 1.52 bits per heavy atom. The molecule has 0 spiro atoms. The topological polar surface area (TPSA) is 99.0 Å². The number of anilines is 4. The van der Waals surface area contributed by atoms with E-state index in [2.05, 4.69) is 9.80 Å². The number of hydrogen-bond acceptors (Lipinski definition) is 6. The van der Waals surface area contributed by atoms with E-state index in [1.165, 1.54) is 0 Å². The van der Waals surface area contributed by atoms with E-state index in [-0.39, 0.29) is 11.5 Å². The lowest BCUT2D eigenvalue weighted by atomic mass is 9.96. The summed E-state index contributed by atoms with van der Waals surface area (Å²) in [5, 5.41) is 20.6. The molecule has 23 heavy (non-hydrogen) atoms. The molecule has 2 heterocycles.